The van der Waals surface area contributed by atoms with Crippen LogP contribution in [0.25, 0.3) is 0 Å². The average molecular weight is 195 g/mol. The molecule has 0 radical (unpaired) electrons. The number of carbonyl (C=O) groups excluding carboxylic acids is 1. The second-order valence-corrected chi connectivity index (χ2v) is 4.85. The van der Waals surface area contributed by atoms with Gasteiger partial charge in [0.25, 0.3) is 0 Å². The summed E-state index contributed by atoms with van der Waals surface area (Å²) in [5, 5.41) is 0. The molecule has 0 unspecified atom stereocenters. The summed E-state index contributed by atoms with van der Waals surface area (Å²) in [5.41, 5.74) is 0. The van der Waals surface area contributed by atoms with Crippen molar-refractivity contribution in [1.29, 1.82) is 0 Å². The molecule has 3 atom stereocenters. The van der Waals surface area contributed by atoms with Crippen LogP contribution in [0.2, 0.25) is 0 Å². The standard InChI is InChI=1S/C12H21NO/c1-3-12(14)13-9(2)8-10-6-4-5-7-11(10)13/h9-11H,3-8H2,1-2H3/t9-,10+,11+/m1/s1. The van der Waals surface area contributed by atoms with Gasteiger partial charge in [0.15, 0.2) is 0 Å². The summed E-state index contributed by atoms with van der Waals surface area (Å²) in [4.78, 5) is 14.0. The number of rotatable bonds is 1. The van der Waals surface area contributed by atoms with E-state index in [-0.39, 0.29) is 0 Å². The molecule has 2 heteroatoms. The van der Waals surface area contributed by atoms with E-state index in [1.807, 2.05) is 6.92 Å². The Morgan fingerprint density at radius 3 is 2.79 bits per heavy atom. The molecule has 0 aromatic rings. The first-order chi connectivity index (χ1) is 6.74. The minimum absolute atomic E-state index is 0.368. The number of hydrogen-bond donors (Lipinski definition) is 0. The molecule has 0 aromatic heterocycles. The van der Waals surface area contributed by atoms with Crippen molar-refractivity contribution in [2.24, 2.45) is 5.92 Å². The van der Waals surface area contributed by atoms with Crippen LogP contribution in [-0.2, 0) is 4.79 Å². The molecule has 1 aliphatic carbocycles. The number of fused-ring (bicyclic) bond motifs is 1. The summed E-state index contributed by atoms with van der Waals surface area (Å²) in [5.74, 6) is 1.18. The topological polar surface area (TPSA) is 20.3 Å². The molecular weight excluding hydrogens is 174 g/mol. The molecule has 0 bridgehead atoms. The van der Waals surface area contributed by atoms with Crippen LogP contribution in [0.5, 0.6) is 0 Å². The second kappa shape index (κ2) is 3.92. The van der Waals surface area contributed by atoms with E-state index in [0.717, 1.165) is 5.92 Å². The molecule has 1 heterocycles. The number of nitrogens with zero attached hydrogens (tertiary/aromatic N) is 1. The molecule has 80 valence electrons. The Kier molecular flexibility index (Phi) is 2.80. The highest BCUT2D eigenvalue weighted by atomic mass is 16.2. The molecule has 0 spiro atoms. The van der Waals surface area contributed by atoms with Crippen molar-refractivity contribution in [2.75, 3.05) is 0 Å². The van der Waals surface area contributed by atoms with Gasteiger partial charge in [0.2, 0.25) is 5.91 Å². The molecule has 14 heavy (non-hydrogen) atoms. The molecule has 2 fully saturated rings. The zero-order chi connectivity index (χ0) is 10.1. The normalized spacial score (nSPS) is 37.0. The summed E-state index contributed by atoms with van der Waals surface area (Å²) in [6.07, 6.45) is 7.22. The lowest BCUT2D eigenvalue weighted by Crippen LogP contribution is -2.41. The lowest BCUT2D eigenvalue weighted by Gasteiger charge is -2.33. The summed E-state index contributed by atoms with van der Waals surface area (Å²) < 4.78 is 0. The SMILES string of the molecule is CCC(=O)N1[C@H](C)C[C@@H]2CCCC[C@@H]21. The first kappa shape index (κ1) is 10.0. The summed E-state index contributed by atoms with van der Waals surface area (Å²) in [7, 11) is 0. The third-order valence-electron chi connectivity index (χ3n) is 3.94. The monoisotopic (exact) mass is 195 g/mol. The van der Waals surface area contributed by atoms with Gasteiger partial charge in [-0.05, 0) is 32.1 Å². The summed E-state index contributed by atoms with van der Waals surface area (Å²) in [6.45, 7) is 4.19. The van der Waals surface area contributed by atoms with Gasteiger partial charge in [-0.3, -0.25) is 4.79 Å². The van der Waals surface area contributed by atoms with Crippen LogP contribution in [0.1, 0.15) is 52.4 Å². The molecule has 0 aromatic carbocycles. The van der Waals surface area contributed by atoms with Gasteiger partial charge in [-0.25, -0.2) is 0 Å². The van der Waals surface area contributed by atoms with E-state index in [0.29, 0.717) is 24.4 Å². The Morgan fingerprint density at radius 2 is 2.07 bits per heavy atom. The third kappa shape index (κ3) is 1.55. The van der Waals surface area contributed by atoms with Gasteiger partial charge in [-0.15, -0.1) is 0 Å². The van der Waals surface area contributed by atoms with Gasteiger partial charge in [0.1, 0.15) is 0 Å². The van der Waals surface area contributed by atoms with Crippen molar-refractivity contribution in [2.45, 2.75) is 64.5 Å². The Hall–Kier alpha value is -0.530. The number of likely N-dealkylation sites (tertiary alicyclic amines) is 1. The second-order valence-electron chi connectivity index (χ2n) is 4.85. The van der Waals surface area contributed by atoms with E-state index >= 15 is 0 Å². The predicted octanol–water partition coefficient (Wildman–Crippen LogP) is 2.58. The van der Waals surface area contributed by atoms with Crippen molar-refractivity contribution in [3.63, 3.8) is 0 Å². The zero-order valence-corrected chi connectivity index (χ0v) is 9.33. The lowest BCUT2D eigenvalue weighted by molar-refractivity contribution is -0.134. The smallest absolute Gasteiger partial charge is 0.222 e. The summed E-state index contributed by atoms with van der Waals surface area (Å²) >= 11 is 0. The average Bonchev–Trinajstić information content (AvgIpc) is 2.53. The molecule has 1 saturated heterocycles. The Labute approximate surface area is 86.7 Å². The first-order valence-corrected chi connectivity index (χ1v) is 6.05. The van der Waals surface area contributed by atoms with Gasteiger partial charge in [0.05, 0.1) is 0 Å². The molecular formula is C12H21NO. The van der Waals surface area contributed by atoms with Gasteiger partial charge >= 0.3 is 0 Å². The van der Waals surface area contributed by atoms with Crippen LogP contribution in [0.4, 0.5) is 0 Å². The zero-order valence-electron chi connectivity index (χ0n) is 9.33. The highest BCUT2D eigenvalue weighted by Crippen LogP contribution is 2.39. The first-order valence-electron chi connectivity index (χ1n) is 6.05. The Bertz CT molecular complexity index is 226. The fourth-order valence-corrected chi connectivity index (χ4v) is 3.32. The maximum atomic E-state index is 11.8. The Balaban J connectivity index is 2.11. The van der Waals surface area contributed by atoms with Crippen molar-refractivity contribution < 1.29 is 4.79 Å². The lowest BCUT2D eigenvalue weighted by atomic mass is 9.85. The van der Waals surface area contributed by atoms with Crippen molar-refractivity contribution >= 4 is 5.91 Å². The molecule has 1 saturated carbocycles. The quantitative estimate of drug-likeness (QED) is 0.629. The maximum absolute atomic E-state index is 11.8. The van der Waals surface area contributed by atoms with E-state index in [1.54, 1.807) is 0 Å². The third-order valence-corrected chi connectivity index (χ3v) is 3.94. The molecule has 1 aliphatic heterocycles. The van der Waals surface area contributed by atoms with Crippen LogP contribution < -0.4 is 0 Å². The molecule has 2 nitrogen and oxygen atoms in total. The molecule has 2 aliphatic rings. The minimum Gasteiger partial charge on any atom is -0.337 e. The van der Waals surface area contributed by atoms with Crippen molar-refractivity contribution in [1.82, 2.24) is 4.90 Å². The molecule has 2 rings (SSSR count). The van der Waals surface area contributed by atoms with Crippen LogP contribution in [0.3, 0.4) is 0 Å². The van der Waals surface area contributed by atoms with Gasteiger partial charge in [-0.1, -0.05) is 19.8 Å². The number of carbonyl (C=O) groups is 1. The van der Waals surface area contributed by atoms with Crippen LogP contribution >= 0.6 is 0 Å². The largest absolute Gasteiger partial charge is 0.337 e. The predicted molar refractivity (Wildman–Crippen MR) is 57.0 cm³/mol. The highest BCUT2D eigenvalue weighted by Gasteiger charge is 2.41. The van der Waals surface area contributed by atoms with Crippen molar-refractivity contribution in [3.8, 4) is 0 Å². The number of hydrogen-bond acceptors (Lipinski definition) is 1. The fourth-order valence-electron chi connectivity index (χ4n) is 3.32. The van der Waals surface area contributed by atoms with Crippen LogP contribution in [0, 0.1) is 5.92 Å². The van der Waals surface area contributed by atoms with Gasteiger partial charge in [-0.2, -0.15) is 0 Å². The van der Waals surface area contributed by atoms with Gasteiger partial charge in [0, 0.05) is 18.5 Å². The van der Waals surface area contributed by atoms with E-state index < -0.39 is 0 Å². The van der Waals surface area contributed by atoms with E-state index in [9.17, 15) is 4.79 Å². The molecule has 1 amide bonds. The Morgan fingerprint density at radius 1 is 1.36 bits per heavy atom. The van der Waals surface area contributed by atoms with Gasteiger partial charge < -0.3 is 4.90 Å². The number of amides is 1. The van der Waals surface area contributed by atoms with E-state index in [1.165, 1.54) is 32.1 Å². The fraction of sp³-hybridized carbons (Fsp3) is 0.917. The van der Waals surface area contributed by atoms with E-state index in [2.05, 4.69) is 11.8 Å². The highest BCUT2D eigenvalue weighted by molar-refractivity contribution is 5.77. The van der Waals surface area contributed by atoms with E-state index in [4.69, 9.17) is 0 Å². The van der Waals surface area contributed by atoms with Crippen LogP contribution in [-0.4, -0.2) is 22.9 Å². The van der Waals surface area contributed by atoms with Crippen molar-refractivity contribution in [3.05, 3.63) is 0 Å². The minimum atomic E-state index is 0.368. The maximum Gasteiger partial charge on any atom is 0.222 e. The molecule has 0 N–H and O–H groups in total. The summed E-state index contributed by atoms with van der Waals surface area (Å²) in [6, 6.07) is 1.08. The van der Waals surface area contributed by atoms with Crippen LogP contribution in [0.15, 0.2) is 0 Å².